The number of aromatic nitrogens is 2. The monoisotopic (exact) mass is 202 g/mol. The van der Waals surface area contributed by atoms with Crippen molar-refractivity contribution in [2.75, 3.05) is 20.4 Å². The van der Waals surface area contributed by atoms with Gasteiger partial charge < -0.3 is 4.90 Å². The Bertz CT molecular complexity index is 268. The molecular weight excluding hydrogens is 192 g/mol. The molecular formula is C6H10N4S2. The first-order chi connectivity index (χ1) is 5.72. The summed E-state index contributed by atoms with van der Waals surface area (Å²) in [5.74, 6) is 0.540. The molecule has 0 aliphatic carbocycles. The molecule has 66 valence electrons. The zero-order valence-electron chi connectivity index (χ0n) is 7.18. The van der Waals surface area contributed by atoms with Crippen LogP contribution in [0.4, 0.5) is 5.95 Å². The summed E-state index contributed by atoms with van der Waals surface area (Å²) in [7, 11) is 3.82. The summed E-state index contributed by atoms with van der Waals surface area (Å²) in [6.07, 6.45) is 3.66. The number of aliphatic imine (C=N–C) groups is 1. The Balaban J connectivity index is 2.63. The molecule has 0 aliphatic heterocycles. The Morgan fingerprint density at radius 2 is 2.33 bits per heavy atom. The number of nitrogens with zero attached hydrogens (tertiary/aromatic N) is 4. The van der Waals surface area contributed by atoms with Gasteiger partial charge in [-0.3, -0.25) is 0 Å². The van der Waals surface area contributed by atoms with Gasteiger partial charge in [-0.2, -0.15) is 9.36 Å². The molecule has 0 spiro atoms. The van der Waals surface area contributed by atoms with Gasteiger partial charge in [-0.05, 0) is 17.8 Å². The third-order valence-electron chi connectivity index (χ3n) is 0.975. The van der Waals surface area contributed by atoms with E-state index in [1.54, 1.807) is 18.1 Å². The van der Waals surface area contributed by atoms with Gasteiger partial charge in [0.05, 0.1) is 6.34 Å². The van der Waals surface area contributed by atoms with Crippen molar-refractivity contribution in [3.05, 3.63) is 0 Å². The standard InChI is InChI=1S/C6H10N4S2/c1-10(2)4-7-5-8-6(11-3)12-9-5/h4H,1-3H3/b7-4+. The second kappa shape index (κ2) is 4.42. The minimum Gasteiger partial charge on any atom is -0.369 e. The van der Waals surface area contributed by atoms with Crippen molar-refractivity contribution in [1.29, 1.82) is 0 Å². The largest absolute Gasteiger partial charge is 0.369 e. The SMILES string of the molecule is CSc1nc(/N=C/N(C)C)ns1. The predicted octanol–water partition coefficient (Wildman–Crippen LogP) is 1.48. The molecule has 0 amide bonds. The van der Waals surface area contributed by atoms with Gasteiger partial charge in [0.15, 0.2) is 4.34 Å². The highest BCUT2D eigenvalue weighted by Gasteiger charge is 1.98. The predicted molar refractivity (Wildman–Crippen MR) is 53.5 cm³/mol. The van der Waals surface area contributed by atoms with Crippen LogP contribution in [0.5, 0.6) is 0 Å². The van der Waals surface area contributed by atoms with E-state index in [-0.39, 0.29) is 0 Å². The third kappa shape index (κ3) is 2.78. The van der Waals surface area contributed by atoms with Crippen molar-refractivity contribution >= 4 is 35.6 Å². The van der Waals surface area contributed by atoms with E-state index in [1.165, 1.54) is 11.5 Å². The number of hydrogen-bond acceptors (Lipinski definition) is 5. The first-order valence-corrected chi connectivity index (χ1v) is 5.30. The lowest BCUT2D eigenvalue weighted by atomic mass is 10.9. The zero-order valence-corrected chi connectivity index (χ0v) is 8.82. The van der Waals surface area contributed by atoms with Gasteiger partial charge >= 0.3 is 0 Å². The maximum Gasteiger partial charge on any atom is 0.263 e. The number of thioether (sulfide) groups is 1. The average molecular weight is 202 g/mol. The van der Waals surface area contributed by atoms with Crippen LogP contribution in [0.15, 0.2) is 9.33 Å². The van der Waals surface area contributed by atoms with Crippen molar-refractivity contribution in [2.24, 2.45) is 4.99 Å². The fraction of sp³-hybridized carbons (Fsp3) is 0.500. The average Bonchev–Trinajstić information content (AvgIpc) is 2.48. The molecule has 0 N–H and O–H groups in total. The lowest BCUT2D eigenvalue weighted by Gasteiger charge is -1.99. The summed E-state index contributed by atoms with van der Waals surface area (Å²) in [4.78, 5) is 10.0. The van der Waals surface area contributed by atoms with Crippen LogP contribution >= 0.6 is 23.3 Å². The Morgan fingerprint density at radius 3 is 2.83 bits per heavy atom. The summed E-state index contributed by atoms with van der Waals surface area (Å²) in [5, 5.41) is 0. The summed E-state index contributed by atoms with van der Waals surface area (Å²) in [6.45, 7) is 0. The first-order valence-electron chi connectivity index (χ1n) is 3.30. The summed E-state index contributed by atoms with van der Waals surface area (Å²) < 4.78 is 4.99. The molecule has 4 nitrogen and oxygen atoms in total. The first kappa shape index (κ1) is 9.47. The van der Waals surface area contributed by atoms with Crippen molar-refractivity contribution in [3.63, 3.8) is 0 Å². The number of rotatable bonds is 3. The minimum atomic E-state index is 0.540. The molecule has 1 heterocycles. The fourth-order valence-corrected chi connectivity index (χ4v) is 1.46. The molecule has 12 heavy (non-hydrogen) atoms. The van der Waals surface area contributed by atoms with E-state index in [4.69, 9.17) is 0 Å². The quantitative estimate of drug-likeness (QED) is 0.423. The van der Waals surface area contributed by atoms with E-state index in [0.29, 0.717) is 5.95 Å². The van der Waals surface area contributed by atoms with E-state index < -0.39 is 0 Å². The molecule has 6 heteroatoms. The van der Waals surface area contributed by atoms with Gasteiger partial charge in [-0.15, -0.1) is 0 Å². The molecule has 0 radical (unpaired) electrons. The van der Waals surface area contributed by atoms with E-state index in [0.717, 1.165) is 4.34 Å². The second-order valence-electron chi connectivity index (χ2n) is 2.27. The van der Waals surface area contributed by atoms with E-state index in [1.807, 2.05) is 25.3 Å². The topological polar surface area (TPSA) is 41.4 Å². The molecule has 0 fully saturated rings. The second-order valence-corrected chi connectivity index (χ2v) is 4.08. The van der Waals surface area contributed by atoms with Gasteiger partial charge in [0, 0.05) is 14.1 Å². The van der Waals surface area contributed by atoms with Crippen LogP contribution in [-0.4, -0.2) is 40.9 Å². The minimum absolute atomic E-state index is 0.540. The zero-order chi connectivity index (χ0) is 8.97. The molecule has 0 saturated carbocycles. The molecule has 0 saturated heterocycles. The van der Waals surface area contributed by atoms with Crippen LogP contribution in [-0.2, 0) is 0 Å². The van der Waals surface area contributed by atoms with Crippen LogP contribution in [0.3, 0.4) is 0 Å². The molecule has 0 unspecified atom stereocenters. The lowest BCUT2D eigenvalue weighted by molar-refractivity contribution is 0.642. The summed E-state index contributed by atoms with van der Waals surface area (Å²) >= 11 is 2.95. The van der Waals surface area contributed by atoms with Gasteiger partial charge in [0.2, 0.25) is 0 Å². The molecule has 0 aromatic carbocycles. The highest BCUT2D eigenvalue weighted by molar-refractivity contribution is 8.00. The Labute approximate surface area is 79.9 Å². The van der Waals surface area contributed by atoms with Gasteiger partial charge in [-0.1, -0.05) is 11.8 Å². The molecule has 0 atom stereocenters. The van der Waals surface area contributed by atoms with Crippen LogP contribution < -0.4 is 0 Å². The van der Waals surface area contributed by atoms with E-state index >= 15 is 0 Å². The highest BCUT2D eigenvalue weighted by Crippen LogP contribution is 2.19. The molecule has 1 rings (SSSR count). The summed E-state index contributed by atoms with van der Waals surface area (Å²) in [6, 6.07) is 0. The fourth-order valence-electron chi connectivity index (χ4n) is 0.505. The lowest BCUT2D eigenvalue weighted by Crippen LogP contribution is -2.07. The van der Waals surface area contributed by atoms with Crippen LogP contribution in [0.1, 0.15) is 0 Å². The maximum absolute atomic E-state index is 4.15. The van der Waals surface area contributed by atoms with Crippen molar-refractivity contribution in [1.82, 2.24) is 14.3 Å². The Morgan fingerprint density at radius 1 is 1.58 bits per heavy atom. The molecule has 1 aromatic heterocycles. The van der Waals surface area contributed by atoms with E-state index in [9.17, 15) is 0 Å². The number of hydrogen-bond donors (Lipinski definition) is 0. The van der Waals surface area contributed by atoms with Crippen LogP contribution in [0.2, 0.25) is 0 Å². The molecule has 0 bridgehead atoms. The normalized spacial score (nSPS) is 10.9. The summed E-state index contributed by atoms with van der Waals surface area (Å²) in [5.41, 5.74) is 0. The maximum atomic E-state index is 4.15. The Kier molecular flexibility index (Phi) is 3.48. The van der Waals surface area contributed by atoms with Gasteiger partial charge in [0.25, 0.3) is 5.95 Å². The van der Waals surface area contributed by atoms with Crippen LogP contribution in [0.25, 0.3) is 0 Å². The van der Waals surface area contributed by atoms with Gasteiger partial charge in [-0.25, -0.2) is 4.99 Å². The Hall–Kier alpha value is -0.620. The van der Waals surface area contributed by atoms with Crippen molar-refractivity contribution in [2.45, 2.75) is 4.34 Å². The van der Waals surface area contributed by atoms with Gasteiger partial charge in [0.1, 0.15) is 0 Å². The molecule has 1 aromatic rings. The van der Waals surface area contributed by atoms with Crippen molar-refractivity contribution in [3.8, 4) is 0 Å². The highest BCUT2D eigenvalue weighted by atomic mass is 32.2. The molecule has 0 aliphatic rings. The van der Waals surface area contributed by atoms with E-state index in [2.05, 4.69) is 14.3 Å². The van der Waals surface area contributed by atoms with Crippen LogP contribution in [0, 0.1) is 0 Å². The third-order valence-corrected chi connectivity index (χ3v) is 2.64. The van der Waals surface area contributed by atoms with Crippen molar-refractivity contribution < 1.29 is 0 Å². The smallest absolute Gasteiger partial charge is 0.263 e.